The summed E-state index contributed by atoms with van der Waals surface area (Å²) in [5.41, 5.74) is 6.60. The normalized spacial score (nSPS) is 11.9. The van der Waals surface area contributed by atoms with Gasteiger partial charge in [-0.3, -0.25) is 14.9 Å². The number of likely N-dealkylation sites (tertiary alicyclic amines) is 1. The van der Waals surface area contributed by atoms with Gasteiger partial charge in [0.1, 0.15) is 23.9 Å². The van der Waals surface area contributed by atoms with Crippen LogP contribution in [0.5, 0.6) is 17.2 Å². The number of piperidine rings is 1. The molecule has 1 aliphatic heterocycles. The molecule has 2 N–H and O–H groups in total. The van der Waals surface area contributed by atoms with Crippen molar-refractivity contribution in [3.05, 3.63) is 130 Å². The molecule has 1 aromatic heterocycles. The molecule has 4 aromatic rings. The number of aromatic nitrogens is 2. The number of nitrogens with two attached hydrogens (primary N) is 1. The quantitative estimate of drug-likeness (QED) is 0.0415. The van der Waals surface area contributed by atoms with Gasteiger partial charge in [0.15, 0.2) is 0 Å². The zero-order valence-corrected chi connectivity index (χ0v) is 27.7. The van der Waals surface area contributed by atoms with Gasteiger partial charge in [-0.05, 0) is 61.9 Å². The molecular formula is C33H30N6NaO7-. The van der Waals surface area contributed by atoms with E-state index in [9.17, 15) is 25.1 Å². The molecule has 0 saturated carbocycles. The predicted octanol–water partition coefficient (Wildman–Crippen LogP) is 2.74. The Kier molecular flexibility index (Phi) is 14.0. The number of nitro groups is 1. The summed E-state index contributed by atoms with van der Waals surface area (Å²) in [4.78, 5) is 42.9. The predicted molar refractivity (Wildman–Crippen MR) is 169 cm³/mol. The molecule has 1 saturated heterocycles. The number of carbonyl (C=O) groups excluding carboxylic acids is 2. The first-order valence-corrected chi connectivity index (χ1v) is 14.1. The first-order valence-electron chi connectivity index (χ1n) is 14.1. The summed E-state index contributed by atoms with van der Waals surface area (Å²) in [7, 11) is 0. The Morgan fingerprint density at radius 1 is 0.957 bits per heavy atom. The van der Waals surface area contributed by atoms with E-state index >= 15 is 0 Å². The Morgan fingerprint density at radius 3 is 2.19 bits per heavy atom. The SMILES string of the molecule is C=C(COC(=O)Oc1ccc([N+](=O)[O-])cc1)C(=O)N1CCCCC1.[N-]=C(c1ccc(Oc2ccccc2)cc1)c1[c-]ncnc1N.[Na+]. The van der Waals surface area contributed by atoms with E-state index in [0.29, 0.717) is 24.4 Å². The van der Waals surface area contributed by atoms with Crippen LogP contribution in [0, 0.1) is 16.3 Å². The number of carbonyl (C=O) groups is 2. The number of hydrogen-bond acceptors (Lipinski definition) is 10. The van der Waals surface area contributed by atoms with E-state index < -0.39 is 11.1 Å². The Labute approximate surface area is 293 Å². The third-order valence-electron chi connectivity index (χ3n) is 6.59. The van der Waals surface area contributed by atoms with Gasteiger partial charge in [0.2, 0.25) is 0 Å². The maximum absolute atomic E-state index is 12.1. The van der Waals surface area contributed by atoms with Crippen LogP contribution >= 0.6 is 0 Å². The van der Waals surface area contributed by atoms with Crippen molar-refractivity contribution >= 4 is 29.3 Å². The molecule has 0 aliphatic carbocycles. The first-order chi connectivity index (χ1) is 22.2. The molecule has 1 fully saturated rings. The van der Waals surface area contributed by atoms with Gasteiger partial charge in [0, 0.05) is 42.9 Å². The summed E-state index contributed by atoms with van der Waals surface area (Å²) < 4.78 is 15.4. The molecule has 14 heteroatoms. The standard InChI is InChI=1S/C17H12N4O.C16H18N2O6.Na/c18-16(15-10-20-11-21-17(15)19)12-6-8-14(9-7-12)22-13-4-2-1-3-5-13;1-12(15(19)17-9-3-2-4-10-17)11-23-16(20)24-14-7-5-13(6-8-14)18(21)22;/h1-9,11H,(H2,19,20,21);5-8H,1-4,9-11H2;/q-2;;+1. The summed E-state index contributed by atoms with van der Waals surface area (Å²) in [6, 6.07) is 21.4. The Hall–Kier alpha value is -5.11. The Bertz CT molecular complexity index is 1680. The number of ether oxygens (including phenoxy) is 3. The van der Waals surface area contributed by atoms with Gasteiger partial charge in [-0.2, -0.15) is 0 Å². The summed E-state index contributed by atoms with van der Waals surface area (Å²) >= 11 is 0. The fourth-order valence-electron chi connectivity index (χ4n) is 4.22. The maximum Gasteiger partial charge on any atom is 1.00 e. The molecule has 2 heterocycles. The molecule has 1 aliphatic rings. The molecule has 13 nitrogen and oxygen atoms in total. The molecule has 0 bridgehead atoms. The molecular weight excluding hydrogens is 615 g/mol. The van der Waals surface area contributed by atoms with E-state index in [1.165, 1.54) is 30.6 Å². The molecule has 236 valence electrons. The van der Waals surface area contributed by atoms with Crippen LogP contribution in [0.1, 0.15) is 30.4 Å². The smallest absolute Gasteiger partial charge is 0.855 e. The number of nitrogens with zero attached hydrogens (tertiary/aromatic N) is 5. The van der Waals surface area contributed by atoms with Crippen LogP contribution in [0.15, 0.2) is 97.3 Å². The largest absolute Gasteiger partial charge is 1.00 e. The van der Waals surface area contributed by atoms with Gasteiger partial charge < -0.3 is 40.2 Å². The van der Waals surface area contributed by atoms with Crippen molar-refractivity contribution in [3.8, 4) is 17.2 Å². The average molecular weight is 646 g/mol. The van der Waals surface area contributed by atoms with E-state index in [0.717, 1.165) is 25.0 Å². The molecule has 0 unspecified atom stereocenters. The van der Waals surface area contributed by atoms with Crippen LogP contribution in [-0.4, -0.2) is 57.3 Å². The number of rotatable bonds is 9. The summed E-state index contributed by atoms with van der Waals surface area (Å²) in [5.74, 6) is 1.48. The number of anilines is 1. The molecule has 0 radical (unpaired) electrons. The number of para-hydroxylation sites is 1. The van der Waals surface area contributed by atoms with E-state index in [1.807, 2.05) is 30.3 Å². The topological polar surface area (TPSA) is 182 Å². The van der Waals surface area contributed by atoms with Crippen LogP contribution in [0.4, 0.5) is 16.3 Å². The van der Waals surface area contributed by atoms with E-state index in [2.05, 4.69) is 22.7 Å². The van der Waals surface area contributed by atoms with Crippen LogP contribution in [0.25, 0.3) is 5.41 Å². The molecule has 47 heavy (non-hydrogen) atoms. The number of hydrogen-bond donors (Lipinski definition) is 1. The minimum atomic E-state index is -1.00. The van der Waals surface area contributed by atoms with Crippen molar-refractivity contribution in [2.24, 2.45) is 0 Å². The van der Waals surface area contributed by atoms with Crippen LogP contribution in [0.3, 0.4) is 0 Å². The molecule has 0 spiro atoms. The second-order valence-corrected chi connectivity index (χ2v) is 9.88. The minimum absolute atomic E-state index is 0. The van der Waals surface area contributed by atoms with Crippen molar-refractivity contribution in [1.29, 1.82) is 0 Å². The van der Waals surface area contributed by atoms with Gasteiger partial charge in [-0.15, -0.1) is 5.56 Å². The molecule has 3 aromatic carbocycles. The van der Waals surface area contributed by atoms with Crippen LogP contribution in [0.2, 0.25) is 0 Å². The van der Waals surface area contributed by atoms with Gasteiger partial charge in [0.05, 0.1) is 4.92 Å². The number of nitrogen functional groups attached to an aromatic ring is 1. The Morgan fingerprint density at radius 2 is 1.57 bits per heavy atom. The third-order valence-corrected chi connectivity index (χ3v) is 6.59. The summed E-state index contributed by atoms with van der Waals surface area (Å²) in [6.45, 7) is 4.75. The van der Waals surface area contributed by atoms with Crippen LogP contribution < -0.4 is 44.8 Å². The molecule has 0 atom stereocenters. The minimum Gasteiger partial charge on any atom is -0.855 e. The number of amides is 1. The third kappa shape index (κ3) is 11.0. The Balaban J connectivity index is 0.000000251. The average Bonchev–Trinajstić information content (AvgIpc) is 3.08. The van der Waals surface area contributed by atoms with Gasteiger partial charge in [-0.1, -0.05) is 42.5 Å². The van der Waals surface area contributed by atoms with Gasteiger partial charge in [0.25, 0.3) is 11.6 Å². The first kappa shape index (κ1) is 36.4. The number of nitro benzene ring substituents is 1. The van der Waals surface area contributed by atoms with Gasteiger partial charge in [-0.25, -0.2) is 10.5 Å². The second kappa shape index (κ2) is 18.1. The number of benzene rings is 3. The molecule has 5 rings (SSSR count). The monoisotopic (exact) mass is 645 g/mol. The van der Waals surface area contributed by atoms with Crippen molar-refractivity contribution in [3.63, 3.8) is 0 Å². The van der Waals surface area contributed by atoms with Crippen molar-refractivity contribution in [2.45, 2.75) is 19.3 Å². The summed E-state index contributed by atoms with van der Waals surface area (Å²) in [5, 5.41) is 20.8. The molecule has 1 amide bonds. The maximum atomic E-state index is 12.1. The van der Waals surface area contributed by atoms with E-state index in [1.54, 1.807) is 29.2 Å². The second-order valence-electron chi connectivity index (χ2n) is 9.88. The fourth-order valence-corrected chi connectivity index (χ4v) is 4.22. The van der Waals surface area contributed by atoms with Crippen molar-refractivity contribution in [2.75, 3.05) is 25.4 Å². The fraction of sp³-hybridized carbons (Fsp3) is 0.182. The van der Waals surface area contributed by atoms with Crippen molar-refractivity contribution < 1.29 is 58.3 Å². The van der Waals surface area contributed by atoms with Crippen molar-refractivity contribution in [1.82, 2.24) is 14.9 Å². The zero-order valence-electron chi connectivity index (χ0n) is 25.7. The van der Waals surface area contributed by atoms with E-state index in [-0.39, 0.29) is 76.2 Å². The zero-order chi connectivity index (χ0) is 32.9. The number of non-ortho nitro benzene ring substituents is 1. The van der Waals surface area contributed by atoms with E-state index in [4.69, 9.17) is 19.9 Å². The summed E-state index contributed by atoms with van der Waals surface area (Å²) in [6.07, 6.45) is 5.94. The van der Waals surface area contributed by atoms with Gasteiger partial charge >= 0.3 is 35.7 Å². The van der Waals surface area contributed by atoms with Crippen LogP contribution in [-0.2, 0) is 9.53 Å².